The minimum absolute atomic E-state index is 0.0718. The number of nitro groups is 1. The molecule has 5 heteroatoms. The first kappa shape index (κ1) is 14.3. The molecule has 0 atom stereocenters. The maximum Gasteiger partial charge on any atom is 0.270 e. The Morgan fingerprint density at radius 1 is 1.10 bits per heavy atom. The summed E-state index contributed by atoms with van der Waals surface area (Å²) < 4.78 is 0. The summed E-state index contributed by atoms with van der Waals surface area (Å²) in [6.07, 6.45) is 0.653. The lowest BCUT2D eigenvalue weighted by Crippen LogP contribution is -1.92. The quantitative estimate of drug-likeness (QED) is 0.481. The van der Waals surface area contributed by atoms with Crippen LogP contribution in [0.5, 0.6) is 0 Å². The van der Waals surface area contributed by atoms with Gasteiger partial charge in [-0.05, 0) is 37.1 Å². The van der Waals surface area contributed by atoms with Crippen molar-refractivity contribution in [3.63, 3.8) is 0 Å². The van der Waals surface area contributed by atoms with Gasteiger partial charge in [-0.25, -0.2) is 0 Å². The van der Waals surface area contributed by atoms with Crippen molar-refractivity contribution in [2.75, 3.05) is 0 Å². The van der Waals surface area contributed by atoms with E-state index in [4.69, 9.17) is 0 Å². The second-order valence-corrected chi connectivity index (χ2v) is 5.55. The van der Waals surface area contributed by atoms with Gasteiger partial charge in [0.1, 0.15) is 0 Å². The van der Waals surface area contributed by atoms with E-state index in [-0.39, 0.29) is 5.69 Å². The molecule has 0 unspecified atom stereocenters. The van der Waals surface area contributed by atoms with Gasteiger partial charge in [-0.2, -0.15) is 0 Å². The highest BCUT2D eigenvalue weighted by Gasteiger charge is 2.12. The van der Waals surface area contributed by atoms with E-state index in [0.29, 0.717) is 11.8 Å². The number of benzene rings is 2. The number of aldehydes is 1. The van der Waals surface area contributed by atoms with Gasteiger partial charge in [0.25, 0.3) is 5.69 Å². The molecule has 0 bridgehead atoms. The Morgan fingerprint density at radius 2 is 1.85 bits per heavy atom. The van der Waals surface area contributed by atoms with Gasteiger partial charge in [0.15, 0.2) is 6.29 Å². The van der Waals surface area contributed by atoms with Crippen molar-refractivity contribution in [2.45, 2.75) is 23.6 Å². The molecule has 4 nitrogen and oxygen atoms in total. The molecule has 0 N–H and O–H groups in total. The Labute approximate surface area is 121 Å². The lowest BCUT2D eigenvalue weighted by atomic mass is 10.2. The molecule has 0 fully saturated rings. The first-order valence-electron chi connectivity index (χ1n) is 6.00. The molecular weight excluding hydrogens is 274 g/mol. The van der Waals surface area contributed by atoms with Gasteiger partial charge >= 0.3 is 0 Å². The summed E-state index contributed by atoms with van der Waals surface area (Å²) in [5.74, 6) is 0. The van der Waals surface area contributed by atoms with Crippen LogP contribution in [0.3, 0.4) is 0 Å². The van der Waals surface area contributed by atoms with E-state index in [1.807, 2.05) is 32.0 Å². The Bertz CT molecular complexity index is 683. The number of rotatable bonds is 4. The summed E-state index contributed by atoms with van der Waals surface area (Å²) in [6.45, 7) is 3.99. The number of nitro benzene ring substituents is 1. The highest BCUT2D eigenvalue weighted by atomic mass is 32.2. The van der Waals surface area contributed by atoms with Crippen molar-refractivity contribution in [3.8, 4) is 0 Å². The van der Waals surface area contributed by atoms with Crippen molar-refractivity contribution in [1.29, 1.82) is 0 Å². The van der Waals surface area contributed by atoms with E-state index in [9.17, 15) is 14.9 Å². The summed E-state index contributed by atoms with van der Waals surface area (Å²) >= 11 is 1.45. The van der Waals surface area contributed by atoms with Crippen molar-refractivity contribution >= 4 is 23.7 Å². The van der Waals surface area contributed by atoms with Crippen LogP contribution >= 0.6 is 11.8 Å². The maximum absolute atomic E-state index is 11.1. The lowest BCUT2D eigenvalue weighted by molar-refractivity contribution is -0.384. The van der Waals surface area contributed by atoms with E-state index in [2.05, 4.69) is 0 Å². The number of aryl methyl sites for hydroxylation is 2. The molecule has 0 heterocycles. The zero-order chi connectivity index (χ0) is 14.7. The zero-order valence-corrected chi connectivity index (χ0v) is 11.9. The molecule has 2 rings (SSSR count). The fourth-order valence-electron chi connectivity index (χ4n) is 1.77. The molecule has 0 aliphatic heterocycles. The molecule has 102 valence electrons. The van der Waals surface area contributed by atoms with E-state index < -0.39 is 4.92 Å². The van der Waals surface area contributed by atoms with Crippen LogP contribution in [0.25, 0.3) is 0 Å². The molecular formula is C15H13NO3S. The molecule has 0 aliphatic carbocycles. The number of carbonyl (C=O) groups is 1. The van der Waals surface area contributed by atoms with Gasteiger partial charge in [-0.15, -0.1) is 0 Å². The average molecular weight is 287 g/mol. The largest absolute Gasteiger partial charge is 0.298 e. The molecule has 0 aliphatic rings. The summed E-state index contributed by atoms with van der Waals surface area (Å²) in [6, 6.07) is 10.4. The van der Waals surface area contributed by atoms with E-state index >= 15 is 0 Å². The second-order valence-electron chi connectivity index (χ2n) is 4.47. The number of hydrogen-bond donors (Lipinski definition) is 0. The van der Waals surface area contributed by atoms with Gasteiger partial charge in [-0.1, -0.05) is 23.9 Å². The molecule has 2 aromatic carbocycles. The summed E-state index contributed by atoms with van der Waals surface area (Å²) in [7, 11) is 0. The highest BCUT2D eigenvalue weighted by Crippen LogP contribution is 2.34. The predicted octanol–water partition coefficient (Wildman–Crippen LogP) is 4.18. The summed E-state index contributed by atoms with van der Waals surface area (Å²) in [5, 5.41) is 10.7. The Hall–Kier alpha value is -2.14. The fourth-order valence-corrected chi connectivity index (χ4v) is 2.84. The lowest BCUT2D eigenvalue weighted by Gasteiger charge is -2.08. The third kappa shape index (κ3) is 3.05. The SMILES string of the molecule is Cc1ccc(C)c(Sc2ccc([N+](=O)[O-])cc2C=O)c1. The molecule has 0 spiro atoms. The Kier molecular flexibility index (Phi) is 4.20. The van der Waals surface area contributed by atoms with E-state index in [1.165, 1.54) is 23.9 Å². The minimum Gasteiger partial charge on any atom is -0.298 e. The molecule has 0 saturated carbocycles. The molecule has 0 radical (unpaired) electrons. The maximum atomic E-state index is 11.1. The summed E-state index contributed by atoms with van der Waals surface area (Å²) in [5.41, 5.74) is 2.51. The third-order valence-corrected chi connectivity index (χ3v) is 4.15. The van der Waals surface area contributed by atoms with Gasteiger partial charge < -0.3 is 0 Å². The standard InChI is InChI=1S/C15H13NO3S/c1-10-3-4-11(2)15(7-10)20-14-6-5-13(16(18)19)8-12(14)9-17/h3-9H,1-2H3. The van der Waals surface area contributed by atoms with Crippen molar-refractivity contribution in [3.05, 3.63) is 63.2 Å². The number of non-ortho nitro benzene ring substituents is 1. The van der Waals surface area contributed by atoms with Crippen LogP contribution in [-0.4, -0.2) is 11.2 Å². The third-order valence-electron chi connectivity index (χ3n) is 2.89. The van der Waals surface area contributed by atoms with E-state index in [1.54, 1.807) is 6.07 Å². The van der Waals surface area contributed by atoms with Crippen molar-refractivity contribution in [1.82, 2.24) is 0 Å². The monoisotopic (exact) mass is 287 g/mol. The average Bonchev–Trinajstić information content (AvgIpc) is 2.43. The normalized spacial score (nSPS) is 10.3. The number of carbonyl (C=O) groups excluding carboxylic acids is 1. The van der Waals surface area contributed by atoms with Crippen LogP contribution in [0.15, 0.2) is 46.2 Å². The molecule has 2 aromatic rings. The Morgan fingerprint density at radius 3 is 2.50 bits per heavy atom. The van der Waals surface area contributed by atoms with Crippen LogP contribution < -0.4 is 0 Å². The Balaban J connectivity index is 2.40. The zero-order valence-electron chi connectivity index (χ0n) is 11.1. The topological polar surface area (TPSA) is 60.2 Å². The smallest absolute Gasteiger partial charge is 0.270 e. The van der Waals surface area contributed by atoms with Crippen molar-refractivity contribution < 1.29 is 9.72 Å². The van der Waals surface area contributed by atoms with Crippen LogP contribution in [0.1, 0.15) is 21.5 Å². The molecule has 0 saturated heterocycles. The molecule has 20 heavy (non-hydrogen) atoms. The number of nitrogens with zero attached hydrogens (tertiary/aromatic N) is 1. The number of hydrogen-bond acceptors (Lipinski definition) is 4. The predicted molar refractivity (Wildman–Crippen MR) is 78.5 cm³/mol. The van der Waals surface area contributed by atoms with Crippen LogP contribution in [-0.2, 0) is 0 Å². The fraction of sp³-hybridized carbons (Fsp3) is 0.133. The van der Waals surface area contributed by atoms with Crippen molar-refractivity contribution in [2.24, 2.45) is 0 Å². The van der Waals surface area contributed by atoms with Crippen LogP contribution in [0.4, 0.5) is 5.69 Å². The minimum atomic E-state index is -0.501. The highest BCUT2D eigenvalue weighted by molar-refractivity contribution is 7.99. The van der Waals surface area contributed by atoms with Gasteiger partial charge in [0.2, 0.25) is 0 Å². The molecule has 0 amide bonds. The first-order valence-corrected chi connectivity index (χ1v) is 6.81. The second kappa shape index (κ2) is 5.88. The van der Waals surface area contributed by atoms with Crippen LogP contribution in [0.2, 0.25) is 0 Å². The summed E-state index contributed by atoms with van der Waals surface area (Å²) in [4.78, 5) is 23.1. The van der Waals surface area contributed by atoms with Gasteiger partial charge in [0.05, 0.1) is 4.92 Å². The van der Waals surface area contributed by atoms with Gasteiger partial charge in [-0.3, -0.25) is 14.9 Å². The van der Waals surface area contributed by atoms with Crippen LogP contribution in [0, 0.1) is 24.0 Å². The first-order chi connectivity index (χ1) is 9.51. The van der Waals surface area contributed by atoms with Gasteiger partial charge in [0, 0.05) is 27.5 Å². The molecule has 0 aromatic heterocycles. The van der Waals surface area contributed by atoms with E-state index in [0.717, 1.165) is 20.9 Å².